The third kappa shape index (κ3) is 3.48. The first-order chi connectivity index (χ1) is 16.9. The minimum absolute atomic E-state index is 0. The maximum Gasteiger partial charge on any atom is 0.410 e. The number of carbonyl (C=O) groups is 2. The van der Waals surface area contributed by atoms with Gasteiger partial charge in [-0.15, -0.1) is 0 Å². The number of urea groups is 1. The van der Waals surface area contributed by atoms with Gasteiger partial charge in [0.05, 0.1) is 24.2 Å². The van der Waals surface area contributed by atoms with Crippen LogP contribution in [0, 0.1) is 5.92 Å². The molecule has 4 fully saturated rings. The Bertz CT molecular complexity index is 1010. The highest BCUT2D eigenvalue weighted by molar-refractivity contribution is 5.75. The van der Waals surface area contributed by atoms with Crippen LogP contribution in [0.2, 0.25) is 0 Å². The number of ether oxygens (including phenoxy) is 1. The zero-order valence-electron chi connectivity index (χ0n) is 21.5. The third-order valence-electron chi connectivity index (χ3n) is 10.1. The van der Waals surface area contributed by atoms with E-state index in [9.17, 15) is 9.59 Å². The van der Waals surface area contributed by atoms with Crippen molar-refractivity contribution >= 4 is 12.1 Å². The second-order valence-corrected chi connectivity index (χ2v) is 11.8. The van der Waals surface area contributed by atoms with E-state index in [2.05, 4.69) is 39.4 Å². The predicted molar refractivity (Wildman–Crippen MR) is 136 cm³/mol. The Balaban J connectivity index is 0.00000267. The van der Waals surface area contributed by atoms with Crippen LogP contribution in [0.25, 0.3) is 0 Å². The number of hydrogen-bond donors (Lipinski definition) is 1. The van der Waals surface area contributed by atoms with Crippen molar-refractivity contribution in [2.24, 2.45) is 5.92 Å². The first-order valence-corrected chi connectivity index (χ1v) is 13.7. The molecule has 1 aromatic rings. The van der Waals surface area contributed by atoms with Gasteiger partial charge in [-0.05, 0) is 93.8 Å². The number of piperidine rings is 2. The molecule has 4 unspecified atom stereocenters. The topological polar surface area (TPSA) is 64.9 Å². The van der Waals surface area contributed by atoms with Gasteiger partial charge in [-0.1, -0.05) is 24.3 Å². The van der Waals surface area contributed by atoms with E-state index < -0.39 is 0 Å². The molecule has 2 spiro atoms. The molecule has 7 heteroatoms. The van der Waals surface area contributed by atoms with Crippen LogP contribution >= 0.6 is 0 Å². The van der Waals surface area contributed by atoms with Crippen LogP contribution in [0.4, 0.5) is 9.59 Å². The molecule has 1 aromatic carbocycles. The van der Waals surface area contributed by atoms with Crippen molar-refractivity contribution in [1.29, 1.82) is 0 Å². The van der Waals surface area contributed by atoms with Crippen LogP contribution in [-0.4, -0.2) is 78.2 Å². The molecule has 2 saturated carbocycles. The second-order valence-electron chi connectivity index (χ2n) is 11.8. The molecule has 192 valence electrons. The highest BCUT2D eigenvalue weighted by Crippen LogP contribution is 2.65. The molecule has 35 heavy (non-hydrogen) atoms. The Morgan fingerprint density at radius 2 is 1.91 bits per heavy atom. The zero-order valence-corrected chi connectivity index (χ0v) is 21.5. The van der Waals surface area contributed by atoms with E-state index >= 15 is 0 Å². The van der Waals surface area contributed by atoms with E-state index in [-0.39, 0.29) is 30.5 Å². The van der Waals surface area contributed by atoms with Gasteiger partial charge < -0.3 is 19.9 Å². The molecule has 2 heterocycles. The number of hydrogen-bond acceptors (Lipinski definition) is 4. The van der Waals surface area contributed by atoms with E-state index in [0.717, 1.165) is 38.8 Å². The van der Waals surface area contributed by atoms with Gasteiger partial charge in [0.1, 0.15) is 0 Å². The summed E-state index contributed by atoms with van der Waals surface area (Å²) >= 11 is 0. The quantitative estimate of drug-likeness (QED) is 0.643. The number of likely N-dealkylation sites (tertiary alicyclic amines) is 2. The highest BCUT2D eigenvalue weighted by atomic mass is 16.6. The smallest absolute Gasteiger partial charge is 0.410 e. The first-order valence-electron chi connectivity index (χ1n) is 13.7. The van der Waals surface area contributed by atoms with Crippen LogP contribution in [0.5, 0.6) is 0 Å². The number of fused-ring (bicyclic) bond motifs is 2. The summed E-state index contributed by atoms with van der Waals surface area (Å²) in [5, 5.41) is 3.24. The average molecular weight is 483 g/mol. The van der Waals surface area contributed by atoms with Crippen LogP contribution in [0.1, 0.15) is 76.9 Å². The molecule has 3 amide bonds. The standard InChI is InChI=1S/C28H40N4O3.H2/c1-4-35-26(34)32-24-10-9-19-17-20(18-28(19,24)32)31-15-13-27(14-16-31)12-11-23(29-25(33)30(2)3)21-7-5-6-8-22(21)27;/h5-8,19-20,23-24H,4,9-18H2,1-3H3,(H,29,33);1H/t19?,20?,23-,24?,28?,32?;/m1./s1. The van der Waals surface area contributed by atoms with E-state index in [1.807, 2.05) is 6.92 Å². The summed E-state index contributed by atoms with van der Waals surface area (Å²) in [6.45, 7) is 4.61. The zero-order chi connectivity index (χ0) is 24.4. The van der Waals surface area contributed by atoms with Gasteiger partial charge in [0, 0.05) is 21.6 Å². The number of nitrogens with one attached hydrogen (secondary N) is 1. The molecule has 5 atom stereocenters. The van der Waals surface area contributed by atoms with E-state index in [1.54, 1.807) is 19.0 Å². The van der Waals surface area contributed by atoms with E-state index in [0.29, 0.717) is 24.6 Å². The van der Waals surface area contributed by atoms with Crippen LogP contribution in [0.15, 0.2) is 24.3 Å². The lowest BCUT2D eigenvalue weighted by Crippen LogP contribution is -2.49. The molecule has 0 aromatic heterocycles. The summed E-state index contributed by atoms with van der Waals surface area (Å²) in [5.41, 5.74) is 3.08. The highest BCUT2D eigenvalue weighted by Gasteiger charge is 2.75. The van der Waals surface area contributed by atoms with E-state index in [4.69, 9.17) is 4.74 Å². The van der Waals surface area contributed by atoms with Gasteiger partial charge in [-0.25, -0.2) is 9.59 Å². The Morgan fingerprint density at radius 1 is 1.14 bits per heavy atom. The Labute approximate surface area is 210 Å². The lowest BCUT2D eigenvalue weighted by molar-refractivity contribution is 0.0991. The van der Waals surface area contributed by atoms with Crippen molar-refractivity contribution in [3.05, 3.63) is 35.4 Å². The first kappa shape index (κ1) is 23.1. The Morgan fingerprint density at radius 3 is 2.66 bits per heavy atom. The number of carbonyl (C=O) groups excluding carboxylic acids is 2. The molecule has 1 N–H and O–H groups in total. The van der Waals surface area contributed by atoms with Crippen molar-refractivity contribution in [2.45, 2.75) is 87.4 Å². The minimum Gasteiger partial charge on any atom is -0.450 e. The number of rotatable bonds is 3. The molecule has 2 aliphatic heterocycles. The van der Waals surface area contributed by atoms with Crippen molar-refractivity contribution in [3.8, 4) is 0 Å². The predicted octanol–water partition coefficient (Wildman–Crippen LogP) is 4.52. The van der Waals surface area contributed by atoms with Crippen molar-refractivity contribution < 1.29 is 15.8 Å². The summed E-state index contributed by atoms with van der Waals surface area (Å²) < 4.78 is 5.38. The van der Waals surface area contributed by atoms with Crippen LogP contribution < -0.4 is 5.32 Å². The lowest BCUT2D eigenvalue weighted by Gasteiger charge is -2.48. The summed E-state index contributed by atoms with van der Waals surface area (Å²) in [4.78, 5) is 31.4. The number of amides is 3. The normalized spacial score (nSPS) is 34.7. The van der Waals surface area contributed by atoms with Crippen molar-refractivity contribution in [3.63, 3.8) is 0 Å². The summed E-state index contributed by atoms with van der Waals surface area (Å²) in [5.74, 6) is 0.647. The lowest BCUT2D eigenvalue weighted by atomic mass is 9.63. The molecular formula is C28H42N4O3. The Kier molecular flexibility index (Phi) is 5.55. The van der Waals surface area contributed by atoms with Gasteiger partial charge in [0.25, 0.3) is 0 Å². The maximum absolute atomic E-state index is 12.6. The molecule has 5 aliphatic rings. The van der Waals surface area contributed by atoms with Gasteiger partial charge in [-0.3, -0.25) is 4.90 Å². The molecule has 3 aliphatic carbocycles. The largest absolute Gasteiger partial charge is 0.450 e. The Hall–Kier alpha value is -2.28. The maximum atomic E-state index is 12.6. The summed E-state index contributed by atoms with van der Waals surface area (Å²) in [6, 6.07) is 9.90. The SMILES string of the molecule is CCOC(=O)N1C2CCC3CC(N4CCC5(CC[C@@H](NC(=O)N(C)C)c6ccccc65)CC4)CC321.[HH]. The monoisotopic (exact) mass is 482 g/mol. The van der Waals surface area contributed by atoms with Crippen LogP contribution in [0.3, 0.4) is 0 Å². The number of nitrogens with zero attached hydrogens (tertiary/aromatic N) is 3. The third-order valence-corrected chi connectivity index (χ3v) is 10.1. The average Bonchev–Trinajstić information content (AvgIpc) is 3.12. The van der Waals surface area contributed by atoms with E-state index in [1.165, 1.54) is 36.8 Å². The summed E-state index contributed by atoms with van der Waals surface area (Å²) in [6.07, 6.45) is 9.18. The molecule has 7 nitrogen and oxygen atoms in total. The van der Waals surface area contributed by atoms with Gasteiger partial charge in [0.15, 0.2) is 0 Å². The summed E-state index contributed by atoms with van der Waals surface area (Å²) in [7, 11) is 3.60. The van der Waals surface area contributed by atoms with Crippen molar-refractivity contribution in [1.82, 2.24) is 20.0 Å². The molecule has 0 bridgehead atoms. The molecule has 0 radical (unpaired) electrons. The number of benzene rings is 1. The van der Waals surface area contributed by atoms with Crippen molar-refractivity contribution in [2.75, 3.05) is 33.8 Å². The van der Waals surface area contributed by atoms with Gasteiger partial charge in [0.2, 0.25) is 0 Å². The molecule has 2 saturated heterocycles. The molecular weight excluding hydrogens is 440 g/mol. The minimum atomic E-state index is -0.0878. The fourth-order valence-electron chi connectivity index (χ4n) is 8.41. The van der Waals surface area contributed by atoms with Crippen LogP contribution in [-0.2, 0) is 10.2 Å². The molecule has 6 rings (SSSR count). The fourth-order valence-corrected chi connectivity index (χ4v) is 8.41. The second kappa shape index (κ2) is 8.39. The van der Waals surface area contributed by atoms with Gasteiger partial charge in [-0.2, -0.15) is 0 Å². The van der Waals surface area contributed by atoms with Gasteiger partial charge >= 0.3 is 12.1 Å². The fraction of sp³-hybridized carbons (Fsp3) is 0.714.